The van der Waals surface area contributed by atoms with Crippen molar-refractivity contribution in [3.05, 3.63) is 0 Å². The van der Waals surface area contributed by atoms with Gasteiger partial charge in [-0.3, -0.25) is 0 Å². The van der Waals surface area contributed by atoms with Crippen molar-refractivity contribution in [2.24, 2.45) is 5.92 Å². The van der Waals surface area contributed by atoms with Gasteiger partial charge in [0.1, 0.15) is 0 Å². The molecule has 3 N–H and O–H groups in total. The fourth-order valence-electron chi connectivity index (χ4n) is 3.47. The molecule has 0 aromatic carbocycles. The van der Waals surface area contributed by atoms with E-state index in [1.807, 2.05) is 0 Å². The normalized spacial score (nSPS) is 36.8. The Bertz CT molecular complexity index is 274. The van der Waals surface area contributed by atoms with Gasteiger partial charge in [0.2, 0.25) is 0 Å². The quantitative estimate of drug-likeness (QED) is 0.697. The van der Waals surface area contributed by atoms with Crippen LogP contribution in [0, 0.1) is 5.92 Å². The van der Waals surface area contributed by atoms with Gasteiger partial charge in [-0.15, -0.1) is 0 Å². The van der Waals surface area contributed by atoms with Crippen molar-refractivity contribution in [1.29, 1.82) is 0 Å². The molecule has 0 amide bonds. The molecule has 0 bridgehead atoms. The van der Waals surface area contributed by atoms with E-state index >= 15 is 0 Å². The lowest BCUT2D eigenvalue weighted by atomic mass is 9.89. The summed E-state index contributed by atoms with van der Waals surface area (Å²) in [6.07, 6.45) is 8.59. The molecule has 0 aromatic rings. The topological polar surface area (TPSA) is 61.7 Å². The maximum Gasteiger partial charge on any atom is 0.0897 e. The van der Waals surface area contributed by atoms with E-state index in [1.165, 1.54) is 19.3 Å². The molecular weight excluding hydrogens is 254 g/mol. The van der Waals surface area contributed by atoms with E-state index in [0.29, 0.717) is 19.3 Å². The summed E-state index contributed by atoms with van der Waals surface area (Å²) < 4.78 is 5.83. The highest BCUT2D eigenvalue weighted by Gasteiger charge is 2.24. The Hall–Kier alpha value is -0.160. The molecule has 4 nitrogen and oxygen atoms in total. The number of hydrogen-bond donors (Lipinski definition) is 3. The van der Waals surface area contributed by atoms with Crippen LogP contribution in [0.2, 0.25) is 0 Å². The molecule has 5 unspecified atom stereocenters. The van der Waals surface area contributed by atoms with Crippen LogP contribution in [-0.2, 0) is 4.74 Å². The van der Waals surface area contributed by atoms with Crippen LogP contribution >= 0.6 is 0 Å². The van der Waals surface area contributed by atoms with E-state index in [4.69, 9.17) is 4.74 Å². The largest absolute Gasteiger partial charge is 0.392 e. The number of aliphatic hydroxyl groups is 2. The zero-order chi connectivity index (χ0) is 14.4. The summed E-state index contributed by atoms with van der Waals surface area (Å²) in [6.45, 7) is 3.20. The fraction of sp³-hybridized carbons (Fsp3) is 1.00. The van der Waals surface area contributed by atoms with Gasteiger partial charge in [-0.2, -0.15) is 0 Å². The highest BCUT2D eigenvalue weighted by atomic mass is 16.5. The van der Waals surface area contributed by atoms with Crippen molar-refractivity contribution in [1.82, 2.24) is 5.32 Å². The molecule has 0 aromatic heterocycles. The van der Waals surface area contributed by atoms with Crippen molar-refractivity contribution in [3.8, 4) is 0 Å². The molecule has 0 aliphatic heterocycles. The van der Waals surface area contributed by atoms with Crippen molar-refractivity contribution in [2.45, 2.75) is 82.6 Å². The van der Waals surface area contributed by atoms with Gasteiger partial charge in [0.05, 0.1) is 24.9 Å². The number of hydrogen-bond acceptors (Lipinski definition) is 4. The average Bonchev–Trinajstić information content (AvgIpc) is 2.44. The molecule has 0 heterocycles. The maximum absolute atomic E-state index is 9.99. The summed E-state index contributed by atoms with van der Waals surface area (Å²) in [5.74, 6) is 0.751. The second-order valence-electron chi connectivity index (χ2n) is 6.75. The van der Waals surface area contributed by atoms with E-state index in [0.717, 1.165) is 38.0 Å². The predicted octanol–water partition coefficient (Wildman–Crippen LogP) is 1.84. The summed E-state index contributed by atoms with van der Waals surface area (Å²) >= 11 is 0. The summed E-state index contributed by atoms with van der Waals surface area (Å²) in [6, 6.07) is 0.146. The minimum atomic E-state index is -0.471. The van der Waals surface area contributed by atoms with Crippen molar-refractivity contribution in [3.63, 3.8) is 0 Å². The number of rotatable bonds is 6. The maximum atomic E-state index is 9.99. The standard InChI is InChI=1S/C16H31NO3/c1-12-5-4-6-14(9-12)20-11-13(18)10-17-15-7-2-3-8-16(15)19/h12-19H,2-11H2,1H3. The minimum Gasteiger partial charge on any atom is -0.392 e. The predicted molar refractivity (Wildman–Crippen MR) is 79.6 cm³/mol. The number of nitrogens with one attached hydrogen (secondary N) is 1. The van der Waals surface area contributed by atoms with Crippen LogP contribution in [0.3, 0.4) is 0 Å². The van der Waals surface area contributed by atoms with Crippen molar-refractivity contribution >= 4 is 0 Å². The Balaban J connectivity index is 1.58. The zero-order valence-corrected chi connectivity index (χ0v) is 12.8. The Morgan fingerprint density at radius 3 is 2.70 bits per heavy atom. The second-order valence-corrected chi connectivity index (χ2v) is 6.75. The molecule has 2 saturated carbocycles. The first kappa shape index (κ1) is 16.2. The van der Waals surface area contributed by atoms with Gasteiger partial charge in [-0.25, -0.2) is 0 Å². The van der Waals surface area contributed by atoms with Crippen LogP contribution in [-0.4, -0.2) is 47.7 Å². The monoisotopic (exact) mass is 285 g/mol. The summed E-state index contributed by atoms with van der Waals surface area (Å²) in [7, 11) is 0. The highest BCUT2D eigenvalue weighted by molar-refractivity contribution is 4.81. The van der Waals surface area contributed by atoms with Crippen LogP contribution in [0.5, 0.6) is 0 Å². The van der Waals surface area contributed by atoms with E-state index in [1.54, 1.807) is 0 Å². The Kier molecular flexibility index (Phi) is 6.75. The summed E-state index contributed by atoms with van der Waals surface area (Å²) in [5, 5.41) is 23.2. The van der Waals surface area contributed by atoms with Gasteiger partial charge in [-0.05, 0) is 31.6 Å². The second kappa shape index (κ2) is 8.32. The first-order valence-corrected chi connectivity index (χ1v) is 8.36. The molecule has 2 rings (SSSR count). The van der Waals surface area contributed by atoms with Crippen LogP contribution in [0.1, 0.15) is 58.3 Å². The van der Waals surface area contributed by atoms with Gasteiger partial charge in [0, 0.05) is 12.6 Å². The first-order valence-electron chi connectivity index (χ1n) is 8.36. The molecule has 0 spiro atoms. The Labute approximate surface area is 122 Å². The molecule has 2 aliphatic rings. The summed E-state index contributed by atoms with van der Waals surface area (Å²) in [5.41, 5.74) is 0. The van der Waals surface area contributed by atoms with Crippen LogP contribution in [0.4, 0.5) is 0 Å². The molecule has 2 aliphatic carbocycles. The molecule has 4 heteroatoms. The van der Waals surface area contributed by atoms with Crippen LogP contribution < -0.4 is 5.32 Å². The molecule has 0 radical (unpaired) electrons. The van der Waals surface area contributed by atoms with E-state index < -0.39 is 6.10 Å². The first-order chi connectivity index (χ1) is 9.65. The number of ether oxygens (including phenoxy) is 1. The third kappa shape index (κ3) is 5.32. The Morgan fingerprint density at radius 1 is 1.15 bits per heavy atom. The fourth-order valence-corrected chi connectivity index (χ4v) is 3.47. The van der Waals surface area contributed by atoms with E-state index in [-0.39, 0.29) is 12.1 Å². The Morgan fingerprint density at radius 2 is 1.95 bits per heavy atom. The average molecular weight is 285 g/mol. The van der Waals surface area contributed by atoms with Gasteiger partial charge in [-0.1, -0.05) is 32.6 Å². The van der Waals surface area contributed by atoms with Crippen molar-refractivity contribution < 1.29 is 14.9 Å². The lowest BCUT2D eigenvalue weighted by Crippen LogP contribution is -2.46. The lowest BCUT2D eigenvalue weighted by molar-refractivity contribution is -0.0329. The highest BCUT2D eigenvalue weighted by Crippen LogP contribution is 2.25. The van der Waals surface area contributed by atoms with Gasteiger partial charge < -0.3 is 20.3 Å². The molecule has 20 heavy (non-hydrogen) atoms. The molecule has 0 saturated heterocycles. The smallest absolute Gasteiger partial charge is 0.0897 e. The van der Waals surface area contributed by atoms with Gasteiger partial charge in [0.15, 0.2) is 0 Å². The van der Waals surface area contributed by atoms with Crippen LogP contribution in [0.15, 0.2) is 0 Å². The van der Waals surface area contributed by atoms with E-state index in [2.05, 4.69) is 12.2 Å². The van der Waals surface area contributed by atoms with Crippen LogP contribution in [0.25, 0.3) is 0 Å². The van der Waals surface area contributed by atoms with Gasteiger partial charge >= 0.3 is 0 Å². The van der Waals surface area contributed by atoms with Crippen molar-refractivity contribution in [2.75, 3.05) is 13.2 Å². The van der Waals surface area contributed by atoms with Gasteiger partial charge in [0.25, 0.3) is 0 Å². The summed E-state index contributed by atoms with van der Waals surface area (Å²) in [4.78, 5) is 0. The zero-order valence-electron chi connectivity index (χ0n) is 12.8. The third-order valence-electron chi connectivity index (χ3n) is 4.76. The molecule has 5 atom stereocenters. The molecule has 118 valence electrons. The lowest BCUT2D eigenvalue weighted by Gasteiger charge is -2.30. The number of aliphatic hydroxyl groups excluding tert-OH is 2. The molecular formula is C16H31NO3. The third-order valence-corrected chi connectivity index (χ3v) is 4.76. The SMILES string of the molecule is CC1CCCC(OCC(O)CNC2CCCCC2O)C1. The minimum absolute atomic E-state index is 0.146. The van der Waals surface area contributed by atoms with E-state index in [9.17, 15) is 10.2 Å². The molecule has 2 fully saturated rings.